The Morgan fingerprint density at radius 2 is 1.56 bits per heavy atom. The zero-order valence-corrected chi connectivity index (χ0v) is 18.3. The quantitative estimate of drug-likeness (QED) is 0.524. The fourth-order valence-corrected chi connectivity index (χ4v) is 4.52. The van der Waals surface area contributed by atoms with E-state index in [0.29, 0.717) is 19.6 Å². The van der Waals surface area contributed by atoms with Gasteiger partial charge in [-0.05, 0) is 37.1 Å². The van der Waals surface area contributed by atoms with E-state index >= 15 is 0 Å². The van der Waals surface area contributed by atoms with Gasteiger partial charge in [0.25, 0.3) is 0 Å². The van der Waals surface area contributed by atoms with Gasteiger partial charge in [0, 0.05) is 11.1 Å². The van der Waals surface area contributed by atoms with Gasteiger partial charge >= 0.3 is 5.97 Å². The lowest BCUT2D eigenvalue weighted by Crippen LogP contribution is -2.47. The Morgan fingerprint density at radius 1 is 0.938 bits per heavy atom. The Labute approximate surface area is 189 Å². The molecule has 3 aromatic rings. The van der Waals surface area contributed by atoms with Crippen LogP contribution in [0.2, 0.25) is 0 Å². The van der Waals surface area contributed by atoms with Gasteiger partial charge in [0.1, 0.15) is 24.1 Å². The van der Waals surface area contributed by atoms with E-state index < -0.39 is 12.0 Å². The molecule has 32 heavy (non-hydrogen) atoms. The first kappa shape index (κ1) is 21.9. The molecular formula is C27H29NO4. The molecule has 1 saturated heterocycles. The van der Waals surface area contributed by atoms with Crippen molar-refractivity contribution in [2.45, 2.75) is 38.0 Å². The molecular weight excluding hydrogens is 402 g/mol. The third-order valence-corrected chi connectivity index (χ3v) is 6.05. The highest BCUT2D eigenvalue weighted by molar-refractivity contribution is 5.74. The van der Waals surface area contributed by atoms with Crippen molar-refractivity contribution in [3.63, 3.8) is 0 Å². The number of benzene rings is 3. The number of hydrogen-bond donors (Lipinski definition) is 1. The van der Waals surface area contributed by atoms with Crippen molar-refractivity contribution in [2.24, 2.45) is 0 Å². The molecule has 1 fully saturated rings. The summed E-state index contributed by atoms with van der Waals surface area (Å²) in [5.74, 6) is 0.708. The molecule has 2 unspecified atom stereocenters. The molecule has 5 heteroatoms. The maximum Gasteiger partial charge on any atom is 0.320 e. The molecule has 0 aliphatic carbocycles. The lowest BCUT2D eigenvalue weighted by Gasteiger charge is -2.40. The topological polar surface area (TPSA) is 59.0 Å². The number of hydrogen-bond acceptors (Lipinski definition) is 4. The van der Waals surface area contributed by atoms with Gasteiger partial charge in [0.15, 0.2) is 0 Å². The number of rotatable bonds is 8. The van der Waals surface area contributed by atoms with Gasteiger partial charge in [-0.25, -0.2) is 0 Å². The highest BCUT2D eigenvalue weighted by Gasteiger charge is 2.37. The SMILES string of the molecule is COc1ccccc1C(c1ccccc1OCc1ccccc1)N1CCCCC1C(=O)O. The molecule has 2 atom stereocenters. The molecule has 166 valence electrons. The van der Waals surface area contributed by atoms with Crippen LogP contribution in [0.5, 0.6) is 11.5 Å². The van der Waals surface area contributed by atoms with Crippen LogP contribution in [0.15, 0.2) is 78.9 Å². The number of piperidine rings is 1. The summed E-state index contributed by atoms with van der Waals surface area (Å²) in [5.41, 5.74) is 2.97. The van der Waals surface area contributed by atoms with E-state index in [9.17, 15) is 9.90 Å². The van der Waals surface area contributed by atoms with E-state index in [4.69, 9.17) is 9.47 Å². The van der Waals surface area contributed by atoms with Crippen LogP contribution in [0.3, 0.4) is 0 Å². The van der Waals surface area contributed by atoms with Gasteiger partial charge in [-0.1, -0.05) is 73.2 Å². The van der Waals surface area contributed by atoms with Gasteiger partial charge < -0.3 is 14.6 Å². The first-order valence-corrected chi connectivity index (χ1v) is 11.1. The minimum Gasteiger partial charge on any atom is -0.496 e. The largest absolute Gasteiger partial charge is 0.496 e. The lowest BCUT2D eigenvalue weighted by atomic mass is 9.90. The number of likely N-dealkylation sites (tertiary alicyclic amines) is 1. The van der Waals surface area contributed by atoms with Gasteiger partial charge in [-0.2, -0.15) is 0 Å². The number of methoxy groups -OCH3 is 1. The van der Waals surface area contributed by atoms with E-state index in [-0.39, 0.29) is 6.04 Å². The number of carboxylic acids is 1. The smallest absolute Gasteiger partial charge is 0.320 e. The molecule has 3 aromatic carbocycles. The summed E-state index contributed by atoms with van der Waals surface area (Å²) < 4.78 is 12.0. The van der Waals surface area contributed by atoms with E-state index in [1.54, 1.807) is 7.11 Å². The summed E-state index contributed by atoms with van der Waals surface area (Å²) in [6, 6.07) is 25.0. The molecule has 1 heterocycles. The Morgan fingerprint density at radius 3 is 2.25 bits per heavy atom. The number of para-hydroxylation sites is 2. The fraction of sp³-hybridized carbons (Fsp3) is 0.296. The van der Waals surface area contributed by atoms with Crippen LogP contribution in [0.25, 0.3) is 0 Å². The number of carboxylic acid groups (broad SMARTS) is 1. The minimum absolute atomic E-state index is 0.292. The molecule has 0 spiro atoms. The average molecular weight is 432 g/mol. The van der Waals surface area contributed by atoms with Crippen molar-refractivity contribution in [1.82, 2.24) is 4.90 Å². The molecule has 5 nitrogen and oxygen atoms in total. The van der Waals surface area contributed by atoms with Gasteiger partial charge in [0.2, 0.25) is 0 Å². The normalized spacial score (nSPS) is 17.5. The zero-order valence-electron chi connectivity index (χ0n) is 18.3. The maximum absolute atomic E-state index is 12.2. The van der Waals surface area contributed by atoms with Gasteiger partial charge in [0.05, 0.1) is 13.2 Å². The summed E-state index contributed by atoms with van der Waals surface area (Å²) in [5, 5.41) is 10.00. The first-order chi connectivity index (χ1) is 15.7. The van der Waals surface area contributed by atoms with Crippen LogP contribution < -0.4 is 9.47 Å². The second-order valence-electron chi connectivity index (χ2n) is 8.04. The molecule has 0 radical (unpaired) electrons. The molecule has 4 rings (SSSR count). The molecule has 0 amide bonds. The van der Waals surface area contributed by atoms with E-state index in [1.165, 1.54) is 0 Å². The third kappa shape index (κ3) is 4.78. The standard InChI is InChI=1S/C27H29NO4/c1-31-24-16-7-5-13-21(24)26(28-18-10-9-15-23(28)27(29)30)22-14-6-8-17-25(22)32-19-20-11-3-2-4-12-20/h2-8,11-14,16-17,23,26H,9-10,15,18-19H2,1H3,(H,29,30). The van der Waals surface area contributed by atoms with Crippen molar-refractivity contribution >= 4 is 5.97 Å². The molecule has 0 saturated carbocycles. The first-order valence-electron chi connectivity index (χ1n) is 11.1. The second-order valence-corrected chi connectivity index (χ2v) is 8.04. The van der Waals surface area contributed by atoms with Crippen molar-refractivity contribution in [3.05, 3.63) is 95.6 Å². The summed E-state index contributed by atoms with van der Waals surface area (Å²) in [6.45, 7) is 1.14. The Balaban J connectivity index is 1.77. The zero-order chi connectivity index (χ0) is 22.3. The predicted molar refractivity (Wildman–Crippen MR) is 124 cm³/mol. The van der Waals surface area contributed by atoms with E-state index in [2.05, 4.69) is 4.90 Å². The minimum atomic E-state index is -0.785. The van der Waals surface area contributed by atoms with E-state index in [1.807, 2.05) is 78.9 Å². The summed E-state index contributed by atoms with van der Waals surface area (Å²) >= 11 is 0. The van der Waals surface area contributed by atoms with Crippen LogP contribution in [-0.4, -0.2) is 35.7 Å². The molecule has 1 N–H and O–H groups in total. The van der Waals surface area contributed by atoms with Crippen LogP contribution >= 0.6 is 0 Å². The van der Waals surface area contributed by atoms with Crippen LogP contribution in [0.4, 0.5) is 0 Å². The van der Waals surface area contributed by atoms with E-state index in [0.717, 1.165) is 41.0 Å². The average Bonchev–Trinajstić information content (AvgIpc) is 2.85. The van der Waals surface area contributed by atoms with Gasteiger partial charge in [-0.15, -0.1) is 0 Å². The number of carbonyl (C=O) groups is 1. The number of nitrogens with zero attached hydrogens (tertiary/aromatic N) is 1. The van der Waals surface area contributed by atoms with Crippen molar-refractivity contribution in [2.75, 3.05) is 13.7 Å². The third-order valence-electron chi connectivity index (χ3n) is 6.05. The summed E-state index contributed by atoms with van der Waals surface area (Å²) in [6.07, 6.45) is 2.51. The molecule has 1 aliphatic rings. The highest BCUT2D eigenvalue weighted by atomic mass is 16.5. The monoisotopic (exact) mass is 431 g/mol. The predicted octanol–water partition coefficient (Wildman–Crippen LogP) is 5.30. The number of aliphatic carboxylic acids is 1. The molecule has 1 aliphatic heterocycles. The fourth-order valence-electron chi connectivity index (χ4n) is 4.52. The lowest BCUT2D eigenvalue weighted by molar-refractivity contribution is -0.145. The van der Waals surface area contributed by atoms with Gasteiger partial charge in [-0.3, -0.25) is 9.69 Å². The molecule has 0 bridgehead atoms. The summed E-state index contributed by atoms with van der Waals surface area (Å²) in [4.78, 5) is 14.3. The Hall–Kier alpha value is -3.31. The molecule has 0 aromatic heterocycles. The Kier molecular flexibility index (Phi) is 7.07. The summed E-state index contributed by atoms with van der Waals surface area (Å²) in [7, 11) is 1.65. The van der Waals surface area contributed by atoms with Crippen LogP contribution in [0, 0.1) is 0 Å². The van der Waals surface area contributed by atoms with Crippen molar-refractivity contribution < 1.29 is 19.4 Å². The second kappa shape index (κ2) is 10.3. The van der Waals surface area contributed by atoms with Crippen LogP contribution in [-0.2, 0) is 11.4 Å². The number of ether oxygens (including phenoxy) is 2. The highest BCUT2D eigenvalue weighted by Crippen LogP contribution is 2.41. The Bertz CT molecular complexity index is 1040. The maximum atomic E-state index is 12.2. The van der Waals surface area contributed by atoms with Crippen molar-refractivity contribution in [1.29, 1.82) is 0 Å². The van der Waals surface area contributed by atoms with Crippen LogP contribution in [0.1, 0.15) is 42.0 Å². The van der Waals surface area contributed by atoms with Crippen molar-refractivity contribution in [3.8, 4) is 11.5 Å².